The van der Waals surface area contributed by atoms with Crippen molar-refractivity contribution in [3.8, 4) is 5.75 Å². The van der Waals surface area contributed by atoms with E-state index in [9.17, 15) is 19.2 Å². The summed E-state index contributed by atoms with van der Waals surface area (Å²) in [6.07, 6.45) is 7.31. The first-order valence-corrected chi connectivity index (χ1v) is 9.98. The molecular weight excluding hydrogens is 388 g/mol. The molecular formula is C22H28N2O6. The molecule has 1 aliphatic rings. The summed E-state index contributed by atoms with van der Waals surface area (Å²) in [5.74, 6) is -1.10. The van der Waals surface area contributed by atoms with Gasteiger partial charge in [-0.3, -0.25) is 19.7 Å². The fourth-order valence-corrected chi connectivity index (χ4v) is 3.16. The fourth-order valence-electron chi connectivity index (χ4n) is 3.16. The van der Waals surface area contributed by atoms with Crippen LogP contribution in [0.15, 0.2) is 29.8 Å². The van der Waals surface area contributed by atoms with Gasteiger partial charge in [0.1, 0.15) is 5.75 Å². The molecule has 3 amide bonds. The highest BCUT2D eigenvalue weighted by molar-refractivity contribution is 5.96. The molecule has 0 unspecified atom stereocenters. The van der Waals surface area contributed by atoms with Crippen molar-refractivity contribution in [3.05, 3.63) is 41.0 Å². The monoisotopic (exact) mass is 416 g/mol. The molecule has 0 fully saturated rings. The lowest BCUT2D eigenvalue weighted by Crippen LogP contribution is -2.41. The van der Waals surface area contributed by atoms with E-state index >= 15 is 0 Å². The number of rotatable bonds is 9. The first-order chi connectivity index (χ1) is 14.4. The Bertz CT molecular complexity index is 831. The average molecular weight is 416 g/mol. The Morgan fingerprint density at radius 3 is 2.60 bits per heavy atom. The van der Waals surface area contributed by atoms with Gasteiger partial charge in [-0.2, -0.15) is 0 Å². The fraction of sp³-hybridized carbons (Fsp3) is 0.455. The number of urea groups is 1. The van der Waals surface area contributed by atoms with Crippen LogP contribution in [0.4, 0.5) is 4.79 Å². The number of allylic oxidation sites excluding steroid dienone is 1. The standard InChI is InChI=1S/C22H28N2O6/c1-15(25)17-8-9-19(29-2)18(12-17)13-21(27)30-14-20(26)24-22(28)23-11-10-16-6-4-3-5-7-16/h6,8-9,12H,3-5,7,10-11,13-14H2,1-2H3,(H2,23,24,26,28). The lowest BCUT2D eigenvalue weighted by atomic mass is 9.97. The summed E-state index contributed by atoms with van der Waals surface area (Å²) >= 11 is 0. The van der Waals surface area contributed by atoms with Gasteiger partial charge >= 0.3 is 12.0 Å². The Kier molecular flexibility index (Phi) is 9.05. The van der Waals surface area contributed by atoms with Crippen molar-refractivity contribution in [2.75, 3.05) is 20.3 Å². The Morgan fingerprint density at radius 1 is 1.13 bits per heavy atom. The lowest BCUT2D eigenvalue weighted by molar-refractivity contribution is -0.147. The van der Waals surface area contributed by atoms with Crippen molar-refractivity contribution >= 4 is 23.7 Å². The first-order valence-electron chi connectivity index (χ1n) is 9.98. The van der Waals surface area contributed by atoms with E-state index in [1.807, 2.05) is 0 Å². The van der Waals surface area contributed by atoms with Crippen LogP contribution in [-0.2, 0) is 20.7 Å². The number of Topliss-reactive ketones (excluding diaryl/α,β-unsaturated/α-hetero) is 1. The average Bonchev–Trinajstić information content (AvgIpc) is 2.73. The van der Waals surface area contributed by atoms with Gasteiger partial charge in [-0.05, 0) is 57.2 Å². The quantitative estimate of drug-likeness (QED) is 0.364. The molecule has 0 heterocycles. The van der Waals surface area contributed by atoms with Crippen LogP contribution in [0.5, 0.6) is 5.75 Å². The van der Waals surface area contributed by atoms with E-state index < -0.39 is 24.5 Å². The molecule has 0 saturated carbocycles. The maximum atomic E-state index is 12.0. The molecule has 1 aromatic carbocycles. The Labute approximate surface area is 176 Å². The minimum absolute atomic E-state index is 0.141. The van der Waals surface area contributed by atoms with Crippen LogP contribution in [0.2, 0.25) is 0 Å². The van der Waals surface area contributed by atoms with Crippen molar-refractivity contribution in [3.63, 3.8) is 0 Å². The number of hydrogen-bond donors (Lipinski definition) is 2. The highest BCUT2D eigenvalue weighted by Crippen LogP contribution is 2.21. The topological polar surface area (TPSA) is 111 Å². The molecule has 0 aliphatic heterocycles. The van der Waals surface area contributed by atoms with Gasteiger partial charge in [-0.25, -0.2) is 4.79 Å². The zero-order valence-electron chi connectivity index (χ0n) is 17.4. The van der Waals surface area contributed by atoms with E-state index in [2.05, 4.69) is 16.7 Å². The highest BCUT2D eigenvalue weighted by Gasteiger charge is 2.15. The van der Waals surface area contributed by atoms with E-state index in [0.717, 1.165) is 19.3 Å². The number of imide groups is 1. The largest absolute Gasteiger partial charge is 0.496 e. The smallest absolute Gasteiger partial charge is 0.321 e. The van der Waals surface area contributed by atoms with E-state index in [-0.39, 0.29) is 12.2 Å². The van der Waals surface area contributed by atoms with Gasteiger partial charge in [0.2, 0.25) is 0 Å². The van der Waals surface area contributed by atoms with Crippen LogP contribution in [0, 0.1) is 0 Å². The molecule has 2 N–H and O–H groups in total. The first kappa shape index (κ1) is 23.1. The number of carbonyl (C=O) groups excluding carboxylic acids is 4. The highest BCUT2D eigenvalue weighted by atomic mass is 16.5. The molecule has 0 saturated heterocycles. The Balaban J connectivity index is 1.73. The molecule has 0 aromatic heterocycles. The summed E-state index contributed by atoms with van der Waals surface area (Å²) in [5.41, 5.74) is 2.24. The van der Waals surface area contributed by atoms with Crippen LogP contribution >= 0.6 is 0 Å². The number of benzene rings is 1. The van der Waals surface area contributed by atoms with Gasteiger partial charge in [0.15, 0.2) is 12.4 Å². The minimum Gasteiger partial charge on any atom is -0.496 e. The maximum absolute atomic E-state index is 12.0. The summed E-state index contributed by atoms with van der Waals surface area (Å²) in [5, 5.41) is 4.75. The number of nitrogens with one attached hydrogen (secondary N) is 2. The van der Waals surface area contributed by atoms with Gasteiger partial charge in [0, 0.05) is 17.7 Å². The zero-order valence-corrected chi connectivity index (χ0v) is 17.4. The number of amides is 3. The van der Waals surface area contributed by atoms with Crippen LogP contribution in [0.25, 0.3) is 0 Å². The molecule has 8 nitrogen and oxygen atoms in total. The SMILES string of the molecule is COc1ccc(C(C)=O)cc1CC(=O)OCC(=O)NC(=O)NCCC1=CCCCC1. The summed E-state index contributed by atoms with van der Waals surface area (Å²) < 4.78 is 10.1. The molecule has 8 heteroatoms. The minimum atomic E-state index is -0.720. The van der Waals surface area contributed by atoms with Crippen molar-refractivity contribution in [2.24, 2.45) is 0 Å². The molecule has 2 rings (SSSR count). The second-order valence-corrected chi connectivity index (χ2v) is 7.08. The maximum Gasteiger partial charge on any atom is 0.321 e. The molecule has 30 heavy (non-hydrogen) atoms. The number of esters is 1. The zero-order chi connectivity index (χ0) is 21.9. The Morgan fingerprint density at radius 2 is 1.93 bits per heavy atom. The normalized spacial score (nSPS) is 13.1. The van der Waals surface area contributed by atoms with Crippen molar-refractivity contribution in [1.82, 2.24) is 10.6 Å². The Hall–Kier alpha value is -3.16. The third kappa shape index (κ3) is 7.69. The molecule has 0 spiro atoms. The van der Waals surface area contributed by atoms with E-state index in [1.165, 1.54) is 32.4 Å². The van der Waals surface area contributed by atoms with E-state index in [1.54, 1.807) is 18.2 Å². The molecule has 162 valence electrons. The van der Waals surface area contributed by atoms with Gasteiger partial charge in [-0.1, -0.05) is 11.6 Å². The number of carbonyl (C=O) groups is 4. The lowest BCUT2D eigenvalue weighted by Gasteiger charge is -2.13. The van der Waals surface area contributed by atoms with Gasteiger partial charge in [0.05, 0.1) is 13.5 Å². The number of ether oxygens (including phenoxy) is 2. The number of hydrogen-bond acceptors (Lipinski definition) is 6. The number of methoxy groups -OCH3 is 1. The van der Waals surface area contributed by atoms with Gasteiger partial charge in [-0.15, -0.1) is 0 Å². The molecule has 1 aliphatic carbocycles. The second kappa shape index (κ2) is 11.7. The molecule has 0 radical (unpaired) electrons. The van der Waals surface area contributed by atoms with Crippen LogP contribution < -0.4 is 15.4 Å². The van der Waals surface area contributed by atoms with Crippen molar-refractivity contribution < 1.29 is 28.7 Å². The molecule has 1 aromatic rings. The van der Waals surface area contributed by atoms with Gasteiger partial charge < -0.3 is 14.8 Å². The third-order valence-electron chi connectivity index (χ3n) is 4.76. The second-order valence-electron chi connectivity index (χ2n) is 7.08. The van der Waals surface area contributed by atoms with E-state index in [4.69, 9.17) is 9.47 Å². The summed E-state index contributed by atoms with van der Waals surface area (Å²) in [7, 11) is 1.45. The van der Waals surface area contributed by atoms with Crippen LogP contribution in [0.3, 0.4) is 0 Å². The van der Waals surface area contributed by atoms with Crippen molar-refractivity contribution in [1.29, 1.82) is 0 Å². The van der Waals surface area contributed by atoms with E-state index in [0.29, 0.717) is 23.4 Å². The number of ketones is 1. The van der Waals surface area contributed by atoms with Crippen molar-refractivity contribution in [2.45, 2.75) is 45.4 Å². The predicted molar refractivity (Wildman–Crippen MR) is 110 cm³/mol. The molecule has 0 atom stereocenters. The summed E-state index contributed by atoms with van der Waals surface area (Å²) in [6, 6.07) is 4.13. The van der Waals surface area contributed by atoms with Gasteiger partial charge in [0.25, 0.3) is 5.91 Å². The predicted octanol–water partition coefficient (Wildman–Crippen LogP) is 2.70. The third-order valence-corrected chi connectivity index (χ3v) is 4.76. The van der Waals surface area contributed by atoms with Crippen LogP contribution in [0.1, 0.15) is 54.9 Å². The summed E-state index contributed by atoms with van der Waals surface area (Å²) in [4.78, 5) is 47.1. The summed E-state index contributed by atoms with van der Waals surface area (Å²) in [6.45, 7) is 1.29. The molecule has 0 bridgehead atoms. The van der Waals surface area contributed by atoms with Crippen LogP contribution in [-0.4, -0.2) is 44.0 Å².